The molecule has 0 saturated heterocycles. The van der Waals surface area contributed by atoms with Crippen LogP contribution in [0.3, 0.4) is 0 Å². The largest absolute Gasteiger partial charge is 0.488 e. The van der Waals surface area contributed by atoms with Gasteiger partial charge in [-0.2, -0.15) is 0 Å². The van der Waals surface area contributed by atoms with E-state index in [0.29, 0.717) is 19.8 Å². The summed E-state index contributed by atoms with van der Waals surface area (Å²) in [6, 6.07) is 4.84. The molecule has 0 saturated carbocycles. The summed E-state index contributed by atoms with van der Waals surface area (Å²) in [7, 11) is 0. The van der Waals surface area contributed by atoms with Crippen LogP contribution in [0.2, 0.25) is 0 Å². The predicted octanol–water partition coefficient (Wildman–Crippen LogP) is 2.09. The van der Waals surface area contributed by atoms with Gasteiger partial charge in [-0.1, -0.05) is 6.07 Å². The first kappa shape index (κ1) is 12.9. The molecule has 0 atom stereocenters. The van der Waals surface area contributed by atoms with Crippen LogP contribution in [0.1, 0.15) is 19.4 Å². The molecule has 4 heteroatoms. The van der Waals surface area contributed by atoms with Crippen molar-refractivity contribution in [1.82, 2.24) is 0 Å². The van der Waals surface area contributed by atoms with E-state index in [2.05, 4.69) is 0 Å². The van der Waals surface area contributed by atoms with Gasteiger partial charge in [0.25, 0.3) is 0 Å². The zero-order valence-electron chi connectivity index (χ0n) is 9.70. The summed E-state index contributed by atoms with van der Waals surface area (Å²) >= 11 is 0. The van der Waals surface area contributed by atoms with Crippen molar-refractivity contribution in [1.29, 1.82) is 0 Å². The smallest absolute Gasteiger partial charge is 0.165 e. The summed E-state index contributed by atoms with van der Waals surface area (Å²) in [5.41, 5.74) is 6.06. The number of hydrogen-bond donors (Lipinski definition) is 1. The summed E-state index contributed by atoms with van der Waals surface area (Å²) in [5, 5.41) is 0. The fourth-order valence-electron chi connectivity index (χ4n) is 1.26. The van der Waals surface area contributed by atoms with Crippen molar-refractivity contribution in [3.05, 3.63) is 29.6 Å². The highest BCUT2D eigenvalue weighted by Crippen LogP contribution is 2.19. The number of hydrogen-bond acceptors (Lipinski definition) is 3. The molecule has 1 aromatic rings. The minimum absolute atomic E-state index is 0.0335. The maximum absolute atomic E-state index is 13.5. The van der Waals surface area contributed by atoms with Crippen LogP contribution in [0.5, 0.6) is 5.75 Å². The summed E-state index contributed by atoms with van der Waals surface area (Å²) in [4.78, 5) is 0. The highest BCUT2D eigenvalue weighted by Gasteiger charge is 2.06. The van der Waals surface area contributed by atoms with E-state index >= 15 is 0 Å². The Balaban J connectivity index is 2.60. The number of nitrogens with two attached hydrogens (primary N) is 1. The van der Waals surface area contributed by atoms with Crippen LogP contribution in [0.25, 0.3) is 0 Å². The second-order valence-electron chi connectivity index (χ2n) is 3.77. The average Bonchev–Trinajstić information content (AvgIpc) is 2.22. The van der Waals surface area contributed by atoms with Gasteiger partial charge in [0.1, 0.15) is 0 Å². The van der Waals surface area contributed by atoms with Crippen LogP contribution in [-0.4, -0.2) is 19.3 Å². The molecule has 0 heterocycles. The van der Waals surface area contributed by atoms with Crippen LogP contribution in [0.15, 0.2) is 18.2 Å². The molecule has 2 N–H and O–H groups in total. The Kier molecular flexibility index (Phi) is 5.22. The van der Waals surface area contributed by atoms with Crippen LogP contribution in [0.4, 0.5) is 4.39 Å². The quantitative estimate of drug-likeness (QED) is 0.757. The average molecular weight is 227 g/mol. The molecule has 0 amide bonds. The van der Waals surface area contributed by atoms with Crippen LogP contribution in [-0.2, 0) is 11.3 Å². The zero-order valence-corrected chi connectivity index (χ0v) is 9.70. The fourth-order valence-corrected chi connectivity index (χ4v) is 1.26. The Morgan fingerprint density at radius 2 is 2.12 bits per heavy atom. The maximum atomic E-state index is 13.5. The molecule has 16 heavy (non-hydrogen) atoms. The molecule has 1 rings (SSSR count). The van der Waals surface area contributed by atoms with E-state index in [-0.39, 0.29) is 17.7 Å². The number of halogens is 1. The summed E-state index contributed by atoms with van der Waals surface area (Å²) in [6.45, 7) is 5.04. The predicted molar refractivity (Wildman–Crippen MR) is 60.9 cm³/mol. The molecule has 3 nitrogen and oxygen atoms in total. The monoisotopic (exact) mass is 227 g/mol. The van der Waals surface area contributed by atoms with Crippen molar-refractivity contribution in [3.8, 4) is 5.75 Å². The minimum atomic E-state index is -0.359. The lowest BCUT2D eigenvalue weighted by Crippen LogP contribution is -2.09. The molecule has 0 fully saturated rings. The van der Waals surface area contributed by atoms with E-state index in [1.54, 1.807) is 12.1 Å². The minimum Gasteiger partial charge on any atom is -0.488 e. The zero-order chi connectivity index (χ0) is 12.0. The molecule has 0 radical (unpaired) electrons. The third-order valence-corrected chi connectivity index (χ3v) is 1.89. The van der Waals surface area contributed by atoms with Gasteiger partial charge < -0.3 is 15.2 Å². The normalized spacial score (nSPS) is 10.8. The number of rotatable bonds is 6. The van der Waals surface area contributed by atoms with Gasteiger partial charge in [-0.05, 0) is 31.5 Å². The van der Waals surface area contributed by atoms with Gasteiger partial charge in [-0.25, -0.2) is 4.39 Å². The van der Waals surface area contributed by atoms with Crippen LogP contribution < -0.4 is 10.5 Å². The topological polar surface area (TPSA) is 44.5 Å². The molecule has 0 aliphatic heterocycles. The fraction of sp³-hybridized carbons (Fsp3) is 0.500. The Morgan fingerprint density at radius 1 is 1.38 bits per heavy atom. The van der Waals surface area contributed by atoms with Gasteiger partial charge in [0, 0.05) is 6.54 Å². The van der Waals surface area contributed by atoms with E-state index in [4.69, 9.17) is 15.2 Å². The molecule has 0 unspecified atom stereocenters. The van der Waals surface area contributed by atoms with Gasteiger partial charge >= 0.3 is 0 Å². The van der Waals surface area contributed by atoms with Crippen LogP contribution >= 0.6 is 0 Å². The molecule has 0 spiro atoms. The number of ether oxygens (including phenoxy) is 2. The first-order valence-corrected chi connectivity index (χ1v) is 5.36. The molecular formula is C12H18FNO2. The van der Waals surface area contributed by atoms with Crippen LogP contribution in [0, 0.1) is 5.82 Å². The van der Waals surface area contributed by atoms with E-state index < -0.39 is 0 Å². The molecule has 0 aliphatic rings. The Labute approximate surface area is 95.4 Å². The van der Waals surface area contributed by atoms with Crippen molar-refractivity contribution in [2.75, 3.05) is 13.2 Å². The first-order valence-electron chi connectivity index (χ1n) is 5.36. The lowest BCUT2D eigenvalue weighted by molar-refractivity contribution is 0.128. The van der Waals surface area contributed by atoms with Gasteiger partial charge in [0.05, 0.1) is 19.3 Å². The van der Waals surface area contributed by atoms with E-state index in [0.717, 1.165) is 5.56 Å². The summed E-state index contributed by atoms with van der Waals surface area (Å²) in [5.74, 6) is -0.0832. The summed E-state index contributed by atoms with van der Waals surface area (Å²) in [6.07, 6.45) is -0.0335. The Bertz CT molecular complexity index is 329. The van der Waals surface area contributed by atoms with Crippen molar-refractivity contribution in [2.45, 2.75) is 26.6 Å². The third-order valence-electron chi connectivity index (χ3n) is 1.89. The van der Waals surface area contributed by atoms with E-state index in [9.17, 15) is 4.39 Å². The molecule has 90 valence electrons. The molecule has 0 aromatic heterocycles. The third kappa shape index (κ3) is 4.16. The van der Waals surface area contributed by atoms with Crippen molar-refractivity contribution in [3.63, 3.8) is 0 Å². The SMILES string of the molecule is CC(C)Oc1ccc(COCCN)cc1F. The van der Waals surface area contributed by atoms with Crippen molar-refractivity contribution < 1.29 is 13.9 Å². The maximum Gasteiger partial charge on any atom is 0.165 e. The van der Waals surface area contributed by atoms with E-state index in [1.165, 1.54) is 6.07 Å². The van der Waals surface area contributed by atoms with Crippen molar-refractivity contribution >= 4 is 0 Å². The molecule has 0 bridgehead atoms. The van der Waals surface area contributed by atoms with E-state index in [1.807, 2.05) is 13.8 Å². The molecule has 0 aliphatic carbocycles. The standard InChI is InChI=1S/C12H18FNO2/c1-9(2)16-12-4-3-10(7-11(12)13)8-15-6-5-14/h3-4,7,9H,5-6,8,14H2,1-2H3. The highest BCUT2D eigenvalue weighted by molar-refractivity contribution is 5.29. The second-order valence-corrected chi connectivity index (χ2v) is 3.77. The lowest BCUT2D eigenvalue weighted by Gasteiger charge is -2.11. The second kappa shape index (κ2) is 6.45. The number of benzene rings is 1. The van der Waals surface area contributed by atoms with Gasteiger partial charge in [-0.3, -0.25) is 0 Å². The van der Waals surface area contributed by atoms with Crippen molar-refractivity contribution in [2.24, 2.45) is 5.73 Å². The van der Waals surface area contributed by atoms with Gasteiger partial charge in [-0.15, -0.1) is 0 Å². The van der Waals surface area contributed by atoms with Gasteiger partial charge in [0.15, 0.2) is 11.6 Å². The Morgan fingerprint density at radius 3 is 2.69 bits per heavy atom. The first-order chi connectivity index (χ1) is 7.63. The molecular weight excluding hydrogens is 209 g/mol. The summed E-state index contributed by atoms with van der Waals surface area (Å²) < 4.78 is 24.0. The lowest BCUT2D eigenvalue weighted by atomic mass is 10.2. The van der Waals surface area contributed by atoms with Gasteiger partial charge in [0.2, 0.25) is 0 Å². The Hall–Kier alpha value is -1.13. The highest BCUT2D eigenvalue weighted by atomic mass is 19.1. The molecule has 1 aromatic carbocycles.